The summed E-state index contributed by atoms with van der Waals surface area (Å²) in [5.41, 5.74) is 1.14. The molecule has 0 aliphatic heterocycles. The highest BCUT2D eigenvalue weighted by atomic mass is 32.1. The Hall–Kier alpha value is -1.61. The molecule has 0 bridgehead atoms. The van der Waals surface area contributed by atoms with Crippen LogP contribution in [0.3, 0.4) is 0 Å². The third kappa shape index (κ3) is 6.66. The Bertz CT molecular complexity index is 615. The molecule has 1 heterocycles. The van der Waals surface area contributed by atoms with Crippen LogP contribution in [0.1, 0.15) is 41.1 Å². The number of rotatable bonds is 8. The van der Waals surface area contributed by atoms with Gasteiger partial charge in [-0.3, -0.25) is 9.69 Å². The van der Waals surface area contributed by atoms with Gasteiger partial charge in [-0.05, 0) is 32.9 Å². The summed E-state index contributed by atoms with van der Waals surface area (Å²) >= 11 is 1.26. The van der Waals surface area contributed by atoms with Crippen molar-refractivity contribution in [1.82, 2.24) is 4.90 Å². The molecule has 0 aromatic carbocycles. The number of anilines is 1. The molecule has 0 spiro atoms. The van der Waals surface area contributed by atoms with E-state index in [4.69, 9.17) is 4.74 Å². The zero-order chi connectivity index (χ0) is 19.2. The first kappa shape index (κ1) is 21.4. The van der Waals surface area contributed by atoms with E-state index < -0.39 is 24.5 Å². The summed E-state index contributed by atoms with van der Waals surface area (Å²) in [5.74, 6) is -0.983. The molecule has 5 nitrogen and oxygen atoms in total. The lowest BCUT2D eigenvalue weighted by Crippen LogP contribution is -2.32. The van der Waals surface area contributed by atoms with Gasteiger partial charge in [-0.1, -0.05) is 6.92 Å². The number of nitrogens with zero attached hydrogens (tertiary/aromatic N) is 1. The highest BCUT2D eigenvalue weighted by molar-refractivity contribution is 7.16. The Kier molecular flexibility index (Phi) is 7.88. The number of aryl methyl sites for hydroxylation is 1. The van der Waals surface area contributed by atoms with Crippen molar-refractivity contribution >= 4 is 28.2 Å². The van der Waals surface area contributed by atoms with E-state index >= 15 is 0 Å². The van der Waals surface area contributed by atoms with Gasteiger partial charge in [0.1, 0.15) is 5.00 Å². The number of thiophene rings is 1. The maximum atomic E-state index is 12.2. The lowest BCUT2D eigenvalue weighted by atomic mass is 10.1. The summed E-state index contributed by atoms with van der Waals surface area (Å²) in [6, 6.07) is 0. The Morgan fingerprint density at radius 2 is 1.92 bits per heavy atom. The molecule has 1 amide bonds. The number of ether oxygens (including phenoxy) is 1. The average molecular weight is 380 g/mol. The van der Waals surface area contributed by atoms with Crippen LogP contribution in [0.4, 0.5) is 18.2 Å². The Morgan fingerprint density at radius 1 is 1.28 bits per heavy atom. The molecule has 1 aromatic heterocycles. The summed E-state index contributed by atoms with van der Waals surface area (Å²) < 4.78 is 41.7. The van der Waals surface area contributed by atoms with Crippen LogP contribution < -0.4 is 5.32 Å². The number of likely N-dealkylation sites (N-methyl/N-ethyl adjacent to an activating group) is 1. The van der Waals surface area contributed by atoms with Gasteiger partial charge >= 0.3 is 12.1 Å². The van der Waals surface area contributed by atoms with Gasteiger partial charge in [-0.2, -0.15) is 13.2 Å². The van der Waals surface area contributed by atoms with Gasteiger partial charge in [0.2, 0.25) is 5.91 Å². The van der Waals surface area contributed by atoms with Crippen LogP contribution in [0, 0.1) is 6.92 Å². The molecule has 142 valence electrons. The fourth-order valence-corrected chi connectivity index (χ4v) is 3.47. The molecule has 0 saturated carbocycles. The number of hydrogen-bond donors (Lipinski definition) is 1. The third-order valence-corrected chi connectivity index (χ3v) is 4.55. The number of amides is 1. The van der Waals surface area contributed by atoms with Crippen LogP contribution in [-0.2, 0) is 16.0 Å². The predicted octanol–water partition coefficient (Wildman–Crippen LogP) is 3.62. The van der Waals surface area contributed by atoms with Crippen LogP contribution in [0.25, 0.3) is 0 Å². The largest absolute Gasteiger partial charge is 0.462 e. The average Bonchev–Trinajstić information content (AvgIpc) is 2.79. The van der Waals surface area contributed by atoms with E-state index in [1.807, 2.05) is 13.8 Å². The molecule has 0 saturated heterocycles. The number of nitrogens with one attached hydrogen (secondary N) is 1. The van der Waals surface area contributed by atoms with Crippen molar-refractivity contribution in [3.63, 3.8) is 0 Å². The molecule has 0 radical (unpaired) electrons. The summed E-state index contributed by atoms with van der Waals surface area (Å²) in [4.78, 5) is 26.5. The molecular formula is C16H23F3N2O3S. The van der Waals surface area contributed by atoms with Crippen LogP contribution in [-0.4, -0.2) is 49.7 Å². The lowest BCUT2D eigenvalue weighted by molar-refractivity contribution is -0.138. The molecule has 25 heavy (non-hydrogen) atoms. The lowest BCUT2D eigenvalue weighted by Gasteiger charge is -2.17. The van der Waals surface area contributed by atoms with Gasteiger partial charge in [0.25, 0.3) is 0 Å². The maximum Gasteiger partial charge on any atom is 0.390 e. The third-order valence-electron chi connectivity index (χ3n) is 3.49. The Balaban J connectivity index is 2.81. The minimum Gasteiger partial charge on any atom is -0.462 e. The zero-order valence-electron chi connectivity index (χ0n) is 14.7. The first-order valence-electron chi connectivity index (χ1n) is 7.93. The SMILES string of the molecule is CCOC(=O)c1c(NC(=O)CN(C)CCC(F)(F)F)sc(C)c1CC. The van der Waals surface area contributed by atoms with Crippen LogP contribution >= 0.6 is 11.3 Å². The molecule has 9 heteroatoms. The topological polar surface area (TPSA) is 58.6 Å². The summed E-state index contributed by atoms with van der Waals surface area (Å²) in [6.07, 6.45) is -4.64. The Labute approximate surface area is 149 Å². The highest BCUT2D eigenvalue weighted by Gasteiger charge is 2.28. The number of carbonyl (C=O) groups excluding carboxylic acids is 2. The molecule has 0 atom stereocenters. The normalized spacial score (nSPS) is 11.7. The van der Waals surface area contributed by atoms with Crippen LogP contribution in [0.2, 0.25) is 0 Å². The number of esters is 1. The van der Waals surface area contributed by atoms with Gasteiger partial charge in [0.05, 0.1) is 25.1 Å². The van der Waals surface area contributed by atoms with E-state index in [9.17, 15) is 22.8 Å². The molecule has 1 rings (SSSR count). The molecule has 0 aliphatic rings. The minimum absolute atomic E-state index is 0.198. The van der Waals surface area contributed by atoms with Gasteiger partial charge in [-0.15, -0.1) is 11.3 Å². The van der Waals surface area contributed by atoms with E-state index in [1.165, 1.54) is 23.3 Å². The standard InChI is InChI=1S/C16H23F3N2O3S/c1-5-11-10(3)25-14(13(11)15(23)24-6-2)20-12(22)9-21(4)8-7-16(17,18)19/h5-9H2,1-4H3,(H,20,22). The van der Waals surface area contributed by atoms with E-state index in [2.05, 4.69) is 5.32 Å². The smallest absolute Gasteiger partial charge is 0.390 e. The summed E-state index contributed by atoms with van der Waals surface area (Å²) in [7, 11) is 1.44. The second kappa shape index (κ2) is 9.19. The van der Waals surface area contributed by atoms with Gasteiger partial charge in [-0.25, -0.2) is 4.79 Å². The van der Waals surface area contributed by atoms with Crippen molar-refractivity contribution in [2.45, 2.75) is 39.8 Å². The van der Waals surface area contributed by atoms with E-state index in [-0.39, 0.29) is 19.7 Å². The quantitative estimate of drug-likeness (QED) is 0.700. The number of carbonyl (C=O) groups is 2. The minimum atomic E-state index is -4.26. The first-order chi connectivity index (χ1) is 11.6. The highest BCUT2D eigenvalue weighted by Crippen LogP contribution is 2.34. The van der Waals surface area contributed by atoms with Crippen LogP contribution in [0.15, 0.2) is 0 Å². The fourth-order valence-electron chi connectivity index (χ4n) is 2.32. The summed E-state index contributed by atoms with van der Waals surface area (Å²) in [6.45, 7) is 5.18. The first-order valence-corrected chi connectivity index (χ1v) is 8.75. The van der Waals surface area contributed by atoms with Crippen LogP contribution in [0.5, 0.6) is 0 Å². The monoisotopic (exact) mass is 380 g/mol. The van der Waals surface area contributed by atoms with Crippen molar-refractivity contribution in [2.24, 2.45) is 0 Å². The van der Waals surface area contributed by atoms with E-state index in [0.717, 1.165) is 10.4 Å². The van der Waals surface area contributed by atoms with E-state index in [1.54, 1.807) is 6.92 Å². The van der Waals surface area contributed by atoms with Crippen molar-refractivity contribution in [3.05, 3.63) is 16.0 Å². The van der Waals surface area contributed by atoms with E-state index in [0.29, 0.717) is 17.0 Å². The molecule has 0 unspecified atom stereocenters. The number of alkyl halides is 3. The van der Waals surface area contributed by atoms with Crippen molar-refractivity contribution in [3.8, 4) is 0 Å². The maximum absolute atomic E-state index is 12.2. The van der Waals surface area contributed by atoms with Gasteiger partial charge < -0.3 is 10.1 Å². The molecular weight excluding hydrogens is 357 g/mol. The molecule has 0 aliphatic carbocycles. The molecule has 0 fully saturated rings. The second-order valence-electron chi connectivity index (χ2n) is 5.57. The van der Waals surface area contributed by atoms with Crippen molar-refractivity contribution in [2.75, 3.05) is 32.1 Å². The van der Waals surface area contributed by atoms with Crippen molar-refractivity contribution in [1.29, 1.82) is 0 Å². The molecule has 1 aromatic rings. The predicted molar refractivity (Wildman–Crippen MR) is 91.2 cm³/mol. The second-order valence-corrected chi connectivity index (χ2v) is 6.79. The fraction of sp³-hybridized carbons (Fsp3) is 0.625. The van der Waals surface area contributed by atoms with Gasteiger partial charge in [0.15, 0.2) is 0 Å². The summed E-state index contributed by atoms with van der Waals surface area (Å²) in [5, 5.41) is 3.01. The van der Waals surface area contributed by atoms with Crippen molar-refractivity contribution < 1.29 is 27.5 Å². The number of hydrogen-bond acceptors (Lipinski definition) is 5. The molecule has 1 N–H and O–H groups in total. The zero-order valence-corrected chi connectivity index (χ0v) is 15.6. The van der Waals surface area contributed by atoms with Gasteiger partial charge in [0, 0.05) is 11.4 Å². The Morgan fingerprint density at radius 3 is 2.44 bits per heavy atom. The number of halogens is 3.